The normalized spacial score (nSPS) is 19.2. The third kappa shape index (κ3) is 7.57. The molecule has 0 saturated carbocycles. The number of aryl methyl sites for hydroxylation is 1. The molecule has 1 fully saturated rings. The Labute approximate surface area is 225 Å². The lowest BCUT2D eigenvalue weighted by molar-refractivity contribution is -0.110. The van der Waals surface area contributed by atoms with Crippen LogP contribution in [0, 0.1) is 5.41 Å². The van der Waals surface area contributed by atoms with E-state index in [4.69, 9.17) is 20.6 Å². The standard InChI is InChI=1S/C31H39N3O4/c1-2-6-23-13-25(18-34-26-11-9-22(10-12-26)31(32)33)24(14-28-16-27(36)17-29(19-35)38-28)15-30(23)37-20-21-7-4-3-5-8-21/h3-5,7-13,15,27-29,34-36H,2,6,14,16-20H2,1H3,(H3,32,33). The van der Waals surface area contributed by atoms with Gasteiger partial charge in [0.05, 0.1) is 24.9 Å². The zero-order chi connectivity index (χ0) is 26.9. The minimum atomic E-state index is -0.486. The highest BCUT2D eigenvalue weighted by Crippen LogP contribution is 2.30. The van der Waals surface area contributed by atoms with Gasteiger partial charge in [0.25, 0.3) is 0 Å². The Hall–Kier alpha value is -3.39. The summed E-state index contributed by atoms with van der Waals surface area (Å²) in [6.07, 6.45) is 2.47. The van der Waals surface area contributed by atoms with Gasteiger partial charge < -0.3 is 30.7 Å². The van der Waals surface area contributed by atoms with E-state index in [0.717, 1.165) is 46.5 Å². The van der Waals surface area contributed by atoms with Gasteiger partial charge in [-0.2, -0.15) is 0 Å². The first-order valence-electron chi connectivity index (χ1n) is 13.4. The number of nitrogen functional groups attached to an aromatic ring is 1. The SMILES string of the molecule is CCCc1cc(CNc2ccc(C(=N)N)cc2)c(CC2CC(O)CC(CO)O2)cc1OCc1ccccc1. The molecular weight excluding hydrogens is 478 g/mol. The van der Waals surface area contributed by atoms with Gasteiger partial charge in [-0.05, 0) is 71.8 Å². The van der Waals surface area contributed by atoms with E-state index in [-0.39, 0.29) is 24.7 Å². The molecule has 1 aliphatic rings. The molecule has 1 saturated heterocycles. The summed E-state index contributed by atoms with van der Waals surface area (Å²) in [5, 5.41) is 31.1. The van der Waals surface area contributed by atoms with Crippen LogP contribution in [-0.2, 0) is 30.7 Å². The van der Waals surface area contributed by atoms with E-state index >= 15 is 0 Å². The molecule has 0 radical (unpaired) electrons. The molecule has 3 unspecified atom stereocenters. The quantitative estimate of drug-likeness (QED) is 0.177. The summed E-state index contributed by atoms with van der Waals surface area (Å²) in [4.78, 5) is 0. The van der Waals surface area contributed by atoms with Gasteiger partial charge >= 0.3 is 0 Å². The van der Waals surface area contributed by atoms with Gasteiger partial charge in [-0.15, -0.1) is 0 Å². The Kier molecular flexibility index (Phi) is 9.76. The largest absolute Gasteiger partial charge is 0.489 e. The molecule has 3 aromatic rings. The molecule has 3 atom stereocenters. The number of amidine groups is 1. The maximum Gasteiger partial charge on any atom is 0.123 e. The lowest BCUT2D eigenvalue weighted by Gasteiger charge is -2.33. The summed E-state index contributed by atoms with van der Waals surface area (Å²) in [7, 11) is 0. The van der Waals surface area contributed by atoms with Crippen LogP contribution in [0.1, 0.15) is 54.0 Å². The van der Waals surface area contributed by atoms with Crippen LogP contribution in [0.2, 0.25) is 0 Å². The smallest absolute Gasteiger partial charge is 0.123 e. The molecule has 38 heavy (non-hydrogen) atoms. The van der Waals surface area contributed by atoms with E-state index in [0.29, 0.717) is 38.0 Å². The van der Waals surface area contributed by atoms with E-state index in [9.17, 15) is 10.2 Å². The van der Waals surface area contributed by atoms with Crippen LogP contribution in [0.3, 0.4) is 0 Å². The third-order valence-electron chi connectivity index (χ3n) is 6.92. The molecule has 0 amide bonds. The number of hydrogen-bond donors (Lipinski definition) is 5. The van der Waals surface area contributed by atoms with Crippen LogP contribution in [0.4, 0.5) is 5.69 Å². The van der Waals surface area contributed by atoms with Gasteiger partial charge in [0.15, 0.2) is 0 Å². The number of aliphatic hydroxyl groups excluding tert-OH is 2. The van der Waals surface area contributed by atoms with Crippen molar-refractivity contribution in [2.75, 3.05) is 11.9 Å². The van der Waals surface area contributed by atoms with E-state index in [1.54, 1.807) is 0 Å². The summed E-state index contributed by atoms with van der Waals surface area (Å²) in [5.74, 6) is 0.917. The van der Waals surface area contributed by atoms with E-state index < -0.39 is 6.10 Å². The molecule has 1 aliphatic heterocycles. The Morgan fingerprint density at radius 1 is 1.03 bits per heavy atom. The number of rotatable bonds is 12. The van der Waals surface area contributed by atoms with Crippen molar-refractivity contribution in [3.8, 4) is 5.75 Å². The van der Waals surface area contributed by atoms with Crippen molar-refractivity contribution in [2.24, 2.45) is 5.73 Å². The van der Waals surface area contributed by atoms with Crippen LogP contribution >= 0.6 is 0 Å². The fourth-order valence-electron chi connectivity index (χ4n) is 4.95. The highest BCUT2D eigenvalue weighted by Gasteiger charge is 2.29. The summed E-state index contributed by atoms with van der Waals surface area (Å²) in [6, 6.07) is 22.0. The van der Waals surface area contributed by atoms with Crippen LogP contribution < -0.4 is 15.8 Å². The number of anilines is 1. The van der Waals surface area contributed by atoms with Crippen molar-refractivity contribution in [3.05, 3.63) is 94.5 Å². The fourth-order valence-corrected chi connectivity index (χ4v) is 4.95. The maximum atomic E-state index is 10.4. The average molecular weight is 518 g/mol. The predicted molar refractivity (Wildman–Crippen MR) is 151 cm³/mol. The summed E-state index contributed by atoms with van der Waals surface area (Å²) in [6.45, 7) is 3.15. The number of nitrogens with one attached hydrogen (secondary N) is 2. The number of hydrogen-bond acceptors (Lipinski definition) is 6. The first-order chi connectivity index (χ1) is 18.4. The van der Waals surface area contributed by atoms with E-state index in [2.05, 4.69) is 36.5 Å². The van der Waals surface area contributed by atoms with E-state index in [1.807, 2.05) is 42.5 Å². The molecule has 3 aromatic carbocycles. The molecule has 202 valence electrons. The second-order valence-corrected chi connectivity index (χ2v) is 9.99. The van der Waals surface area contributed by atoms with Crippen molar-refractivity contribution < 1.29 is 19.7 Å². The molecule has 0 aromatic heterocycles. The van der Waals surface area contributed by atoms with Crippen LogP contribution in [0.25, 0.3) is 0 Å². The summed E-state index contributed by atoms with van der Waals surface area (Å²) >= 11 is 0. The Morgan fingerprint density at radius 2 is 1.76 bits per heavy atom. The minimum Gasteiger partial charge on any atom is -0.489 e. The highest BCUT2D eigenvalue weighted by atomic mass is 16.5. The first-order valence-corrected chi connectivity index (χ1v) is 13.4. The minimum absolute atomic E-state index is 0.0463. The van der Waals surface area contributed by atoms with Gasteiger partial charge in [-0.25, -0.2) is 0 Å². The van der Waals surface area contributed by atoms with Crippen molar-refractivity contribution in [3.63, 3.8) is 0 Å². The molecule has 4 rings (SSSR count). The second-order valence-electron chi connectivity index (χ2n) is 9.99. The molecule has 0 aliphatic carbocycles. The number of benzene rings is 3. The van der Waals surface area contributed by atoms with Gasteiger partial charge in [0, 0.05) is 24.2 Å². The molecular formula is C31H39N3O4. The third-order valence-corrected chi connectivity index (χ3v) is 6.92. The first kappa shape index (κ1) is 27.6. The van der Waals surface area contributed by atoms with Gasteiger partial charge in [-0.1, -0.05) is 49.7 Å². The molecule has 1 heterocycles. The average Bonchev–Trinajstić information content (AvgIpc) is 2.92. The highest BCUT2D eigenvalue weighted by molar-refractivity contribution is 5.95. The molecule has 0 spiro atoms. The summed E-state index contributed by atoms with van der Waals surface area (Å²) < 4.78 is 12.4. The van der Waals surface area contributed by atoms with Crippen LogP contribution in [0.15, 0.2) is 66.7 Å². The van der Waals surface area contributed by atoms with E-state index in [1.165, 1.54) is 0 Å². The lowest BCUT2D eigenvalue weighted by atomic mass is 9.92. The number of ether oxygens (including phenoxy) is 2. The molecule has 7 nitrogen and oxygen atoms in total. The van der Waals surface area contributed by atoms with Crippen molar-refractivity contribution in [1.29, 1.82) is 5.41 Å². The lowest BCUT2D eigenvalue weighted by Crippen LogP contribution is -2.38. The Balaban J connectivity index is 1.60. The van der Waals surface area contributed by atoms with Crippen molar-refractivity contribution >= 4 is 11.5 Å². The van der Waals surface area contributed by atoms with Crippen molar-refractivity contribution in [2.45, 2.75) is 70.5 Å². The molecule has 6 N–H and O–H groups in total. The number of aliphatic hydroxyl groups is 2. The monoisotopic (exact) mass is 517 g/mol. The topological polar surface area (TPSA) is 121 Å². The maximum absolute atomic E-state index is 10.4. The van der Waals surface area contributed by atoms with Crippen LogP contribution in [0.5, 0.6) is 5.75 Å². The predicted octanol–water partition coefficient (Wildman–Crippen LogP) is 4.56. The van der Waals surface area contributed by atoms with Gasteiger partial charge in [0.1, 0.15) is 18.2 Å². The van der Waals surface area contributed by atoms with Gasteiger partial charge in [0.2, 0.25) is 0 Å². The second kappa shape index (κ2) is 13.4. The number of nitrogens with two attached hydrogens (primary N) is 1. The Morgan fingerprint density at radius 3 is 2.45 bits per heavy atom. The molecule has 0 bridgehead atoms. The van der Waals surface area contributed by atoms with Crippen molar-refractivity contribution in [1.82, 2.24) is 0 Å². The fraction of sp³-hybridized carbons (Fsp3) is 0.387. The van der Waals surface area contributed by atoms with Gasteiger partial charge in [-0.3, -0.25) is 5.41 Å². The zero-order valence-electron chi connectivity index (χ0n) is 22.0. The summed E-state index contributed by atoms with van der Waals surface area (Å²) in [5.41, 5.74) is 11.7. The Bertz CT molecular complexity index is 1180. The molecule has 7 heteroatoms. The zero-order valence-corrected chi connectivity index (χ0v) is 22.0. The van der Waals surface area contributed by atoms with Crippen LogP contribution in [-0.4, -0.2) is 41.0 Å².